The molecule has 0 atom stereocenters. The van der Waals surface area contributed by atoms with Crippen LogP contribution in [0, 0.1) is 32.1 Å². The zero-order valence-electron chi connectivity index (χ0n) is 11.0. The molecule has 2 rings (SSSR count). The molecule has 0 saturated heterocycles. The lowest BCUT2D eigenvalue weighted by Crippen LogP contribution is -1.88. The van der Waals surface area contributed by atoms with E-state index in [0.29, 0.717) is 12.8 Å². The van der Waals surface area contributed by atoms with Crippen LogP contribution in [-0.2, 0) is 6.42 Å². The Morgan fingerprint density at radius 3 is 2.78 bits per heavy atom. The third-order valence-corrected chi connectivity index (χ3v) is 3.06. The van der Waals surface area contributed by atoms with Gasteiger partial charge in [0, 0.05) is 24.1 Å². The van der Waals surface area contributed by atoms with Crippen LogP contribution in [0.25, 0.3) is 11.3 Å². The van der Waals surface area contributed by atoms with Crippen molar-refractivity contribution in [2.45, 2.75) is 33.6 Å². The fraction of sp³-hybridized carbons (Fsp3) is 0.333. The number of nitriles is 1. The predicted octanol–water partition coefficient (Wildman–Crippen LogP) is 3.46. The van der Waals surface area contributed by atoms with E-state index >= 15 is 0 Å². The van der Waals surface area contributed by atoms with Gasteiger partial charge in [0.05, 0.1) is 11.8 Å². The molecule has 18 heavy (non-hydrogen) atoms. The number of hydrogen-bond acceptors (Lipinski definition) is 2. The van der Waals surface area contributed by atoms with Gasteiger partial charge in [-0.15, -0.1) is 0 Å². The van der Waals surface area contributed by atoms with E-state index in [2.05, 4.69) is 48.1 Å². The molecule has 0 amide bonds. The Hall–Kier alpha value is -2.08. The quantitative estimate of drug-likeness (QED) is 0.891. The standard InChI is InChI=1S/C15H17N3/c1-10-6-7-11(2)13(9-10)15-12(3)17-14(18-15)5-4-8-16/h6-7,9H,4-5H2,1-3H3,(H,17,18). The number of imidazole rings is 1. The SMILES string of the molecule is Cc1ccc(C)c(-c2nc(CCC#N)[nH]c2C)c1. The number of hydrogen-bond donors (Lipinski definition) is 1. The van der Waals surface area contributed by atoms with Gasteiger partial charge >= 0.3 is 0 Å². The van der Waals surface area contributed by atoms with Gasteiger partial charge in [0.25, 0.3) is 0 Å². The molecule has 2 aromatic rings. The number of aromatic amines is 1. The molecular weight excluding hydrogens is 222 g/mol. The Kier molecular flexibility index (Phi) is 3.47. The first-order valence-electron chi connectivity index (χ1n) is 6.12. The highest BCUT2D eigenvalue weighted by molar-refractivity contribution is 5.66. The van der Waals surface area contributed by atoms with E-state index in [4.69, 9.17) is 5.26 Å². The summed E-state index contributed by atoms with van der Waals surface area (Å²) in [5, 5.41) is 8.61. The Bertz CT molecular complexity index is 603. The highest BCUT2D eigenvalue weighted by atomic mass is 14.9. The van der Waals surface area contributed by atoms with E-state index in [-0.39, 0.29) is 0 Å². The molecule has 3 nitrogen and oxygen atoms in total. The smallest absolute Gasteiger partial charge is 0.108 e. The molecule has 1 aromatic heterocycles. The van der Waals surface area contributed by atoms with Gasteiger partial charge in [-0.2, -0.15) is 5.26 Å². The van der Waals surface area contributed by atoms with E-state index < -0.39 is 0 Å². The van der Waals surface area contributed by atoms with Crippen LogP contribution in [-0.4, -0.2) is 9.97 Å². The van der Waals surface area contributed by atoms with Crippen molar-refractivity contribution in [3.8, 4) is 17.3 Å². The van der Waals surface area contributed by atoms with Crippen LogP contribution < -0.4 is 0 Å². The molecule has 0 saturated carbocycles. The summed E-state index contributed by atoms with van der Waals surface area (Å²) in [6, 6.07) is 8.53. The fourth-order valence-corrected chi connectivity index (χ4v) is 2.07. The average Bonchev–Trinajstić information content (AvgIpc) is 2.71. The van der Waals surface area contributed by atoms with Crippen molar-refractivity contribution in [2.75, 3.05) is 0 Å². The Balaban J connectivity index is 2.41. The molecule has 0 bridgehead atoms. The van der Waals surface area contributed by atoms with Gasteiger partial charge < -0.3 is 4.98 Å². The minimum Gasteiger partial charge on any atom is -0.346 e. The van der Waals surface area contributed by atoms with Crippen molar-refractivity contribution >= 4 is 0 Å². The third kappa shape index (κ3) is 2.43. The third-order valence-electron chi connectivity index (χ3n) is 3.06. The highest BCUT2D eigenvalue weighted by Crippen LogP contribution is 2.26. The van der Waals surface area contributed by atoms with Crippen molar-refractivity contribution in [3.05, 3.63) is 40.8 Å². The number of benzene rings is 1. The molecule has 0 radical (unpaired) electrons. The zero-order chi connectivity index (χ0) is 13.1. The lowest BCUT2D eigenvalue weighted by Gasteiger charge is -2.05. The zero-order valence-corrected chi connectivity index (χ0v) is 11.0. The maximum atomic E-state index is 8.61. The molecular formula is C15H17N3. The summed E-state index contributed by atoms with van der Waals surface area (Å²) < 4.78 is 0. The Morgan fingerprint density at radius 2 is 2.06 bits per heavy atom. The topological polar surface area (TPSA) is 52.5 Å². The molecule has 3 heteroatoms. The second kappa shape index (κ2) is 5.05. The van der Waals surface area contributed by atoms with Crippen molar-refractivity contribution in [3.63, 3.8) is 0 Å². The van der Waals surface area contributed by atoms with Crippen molar-refractivity contribution in [2.24, 2.45) is 0 Å². The van der Waals surface area contributed by atoms with Gasteiger partial charge in [-0.3, -0.25) is 0 Å². The Labute approximate surface area is 107 Å². The van der Waals surface area contributed by atoms with Crippen LogP contribution in [0.4, 0.5) is 0 Å². The summed E-state index contributed by atoms with van der Waals surface area (Å²) in [5.41, 5.74) is 5.70. The van der Waals surface area contributed by atoms with E-state index in [1.807, 2.05) is 6.92 Å². The fourth-order valence-electron chi connectivity index (χ4n) is 2.07. The van der Waals surface area contributed by atoms with Crippen molar-refractivity contribution in [1.82, 2.24) is 9.97 Å². The van der Waals surface area contributed by atoms with Crippen LogP contribution in [0.3, 0.4) is 0 Å². The highest BCUT2D eigenvalue weighted by Gasteiger charge is 2.11. The Morgan fingerprint density at radius 1 is 1.28 bits per heavy atom. The maximum Gasteiger partial charge on any atom is 0.108 e. The molecule has 0 unspecified atom stereocenters. The second-order valence-corrected chi connectivity index (χ2v) is 4.63. The van der Waals surface area contributed by atoms with Gasteiger partial charge in [0.15, 0.2) is 0 Å². The van der Waals surface area contributed by atoms with Crippen LogP contribution in [0.15, 0.2) is 18.2 Å². The molecule has 92 valence electrons. The molecule has 0 aliphatic rings. The van der Waals surface area contributed by atoms with Gasteiger partial charge in [-0.1, -0.05) is 17.7 Å². The molecule has 1 N–H and O–H groups in total. The number of nitrogens with zero attached hydrogens (tertiary/aromatic N) is 2. The summed E-state index contributed by atoms with van der Waals surface area (Å²) in [6.07, 6.45) is 1.18. The predicted molar refractivity (Wildman–Crippen MR) is 72.2 cm³/mol. The van der Waals surface area contributed by atoms with Gasteiger partial charge in [0.1, 0.15) is 5.82 Å². The average molecular weight is 239 g/mol. The lowest BCUT2D eigenvalue weighted by atomic mass is 10.0. The number of nitrogens with one attached hydrogen (secondary N) is 1. The maximum absolute atomic E-state index is 8.61. The molecule has 1 heterocycles. The summed E-state index contributed by atoms with van der Waals surface area (Å²) in [6.45, 7) is 6.21. The van der Waals surface area contributed by atoms with E-state index in [0.717, 1.165) is 17.2 Å². The lowest BCUT2D eigenvalue weighted by molar-refractivity contribution is 0.913. The number of rotatable bonds is 3. The molecule has 0 aliphatic heterocycles. The number of H-pyrrole nitrogens is 1. The van der Waals surface area contributed by atoms with Crippen LogP contribution >= 0.6 is 0 Å². The number of aryl methyl sites for hydroxylation is 4. The summed E-state index contributed by atoms with van der Waals surface area (Å²) in [4.78, 5) is 7.88. The first-order valence-corrected chi connectivity index (χ1v) is 6.12. The van der Waals surface area contributed by atoms with Crippen molar-refractivity contribution in [1.29, 1.82) is 5.26 Å². The summed E-state index contributed by atoms with van der Waals surface area (Å²) in [5.74, 6) is 0.893. The largest absolute Gasteiger partial charge is 0.346 e. The summed E-state index contributed by atoms with van der Waals surface area (Å²) in [7, 11) is 0. The minimum atomic E-state index is 0.499. The molecule has 1 aromatic carbocycles. The van der Waals surface area contributed by atoms with E-state index in [1.54, 1.807) is 0 Å². The van der Waals surface area contributed by atoms with Gasteiger partial charge in [-0.05, 0) is 32.4 Å². The first kappa shape index (κ1) is 12.4. The molecule has 0 spiro atoms. The molecule has 0 fully saturated rings. The van der Waals surface area contributed by atoms with Crippen LogP contribution in [0.5, 0.6) is 0 Å². The van der Waals surface area contributed by atoms with E-state index in [9.17, 15) is 0 Å². The monoisotopic (exact) mass is 239 g/mol. The summed E-state index contributed by atoms with van der Waals surface area (Å²) >= 11 is 0. The minimum absolute atomic E-state index is 0.499. The second-order valence-electron chi connectivity index (χ2n) is 4.63. The molecule has 0 aliphatic carbocycles. The van der Waals surface area contributed by atoms with Gasteiger partial charge in [-0.25, -0.2) is 4.98 Å². The van der Waals surface area contributed by atoms with Crippen molar-refractivity contribution < 1.29 is 0 Å². The van der Waals surface area contributed by atoms with E-state index in [1.165, 1.54) is 16.7 Å². The first-order chi connectivity index (χ1) is 8.61. The number of aromatic nitrogens is 2. The van der Waals surface area contributed by atoms with Crippen LogP contribution in [0.2, 0.25) is 0 Å². The van der Waals surface area contributed by atoms with Gasteiger partial charge in [0.2, 0.25) is 0 Å². The normalized spacial score (nSPS) is 10.3. The van der Waals surface area contributed by atoms with Crippen LogP contribution in [0.1, 0.15) is 29.1 Å².